The molecular formula is C15H28O6S. The molecular weight excluding hydrogens is 308 g/mol. The predicted octanol–water partition coefficient (Wildman–Crippen LogP) is 0.917. The molecule has 0 saturated carbocycles. The molecule has 0 amide bonds. The van der Waals surface area contributed by atoms with Gasteiger partial charge in [0.05, 0.1) is 42.5 Å². The van der Waals surface area contributed by atoms with Crippen molar-refractivity contribution >= 4 is 9.84 Å². The molecule has 0 spiro atoms. The Bertz CT molecular complexity index is 415. The van der Waals surface area contributed by atoms with E-state index in [2.05, 4.69) is 0 Å². The summed E-state index contributed by atoms with van der Waals surface area (Å²) in [7, 11) is -1.39. The van der Waals surface area contributed by atoms with Crippen LogP contribution < -0.4 is 0 Å². The zero-order valence-electron chi connectivity index (χ0n) is 13.3. The lowest BCUT2D eigenvalue weighted by molar-refractivity contribution is -0.0324. The molecule has 6 nitrogen and oxygen atoms in total. The molecule has 22 heavy (non-hydrogen) atoms. The van der Waals surface area contributed by atoms with Crippen molar-refractivity contribution in [3.63, 3.8) is 0 Å². The molecule has 0 radical (unpaired) electrons. The van der Waals surface area contributed by atoms with E-state index >= 15 is 0 Å². The van der Waals surface area contributed by atoms with Crippen LogP contribution in [0.3, 0.4) is 0 Å². The first-order chi connectivity index (χ1) is 10.5. The topological polar surface area (TPSA) is 82.1 Å². The van der Waals surface area contributed by atoms with Gasteiger partial charge in [0.15, 0.2) is 9.84 Å². The van der Waals surface area contributed by atoms with E-state index in [1.54, 1.807) is 7.11 Å². The predicted molar refractivity (Wildman–Crippen MR) is 82.7 cm³/mol. The monoisotopic (exact) mass is 336 g/mol. The molecule has 0 aromatic rings. The Morgan fingerprint density at radius 1 is 1.00 bits per heavy atom. The summed E-state index contributed by atoms with van der Waals surface area (Å²) in [4.78, 5) is 0. The second-order valence-corrected chi connectivity index (χ2v) is 8.88. The average molecular weight is 336 g/mol. The van der Waals surface area contributed by atoms with Gasteiger partial charge in [-0.15, -0.1) is 0 Å². The zero-order valence-corrected chi connectivity index (χ0v) is 14.1. The fourth-order valence-corrected chi connectivity index (χ4v) is 6.09. The van der Waals surface area contributed by atoms with E-state index in [4.69, 9.17) is 14.2 Å². The molecule has 2 bridgehead atoms. The number of methoxy groups -OCH3 is 1. The highest BCUT2D eigenvalue weighted by atomic mass is 32.2. The molecule has 7 heteroatoms. The first-order valence-corrected chi connectivity index (χ1v) is 9.68. The highest BCUT2D eigenvalue weighted by Gasteiger charge is 2.49. The van der Waals surface area contributed by atoms with E-state index in [0.717, 1.165) is 6.42 Å². The summed E-state index contributed by atoms with van der Waals surface area (Å²) in [6.07, 6.45) is 3.55. The Labute approximate surface area is 133 Å². The molecule has 0 aromatic heterocycles. The number of rotatable bonds is 9. The van der Waals surface area contributed by atoms with Crippen LogP contribution in [0.1, 0.15) is 38.5 Å². The van der Waals surface area contributed by atoms with E-state index in [1.807, 2.05) is 0 Å². The van der Waals surface area contributed by atoms with Gasteiger partial charge in [0, 0.05) is 13.7 Å². The van der Waals surface area contributed by atoms with Gasteiger partial charge in [0.2, 0.25) is 0 Å². The maximum absolute atomic E-state index is 12.2. The standard InChI is InChI=1S/C15H28O6S/c1-19-7-8-21-10-9-20-6-5-15(16)11-13-3-2-4-14(12-15)22(13,17)18/h13-14,16H,2-12H2,1H3. The van der Waals surface area contributed by atoms with Crippen LogP contribution in [0.5, 0.6) is 0 Å². The van der Waals surface area contributed by atoms with Gasteiger partial charge >= 0.3 is 0 Å². The minimum absolute atomic E-state index is 0.359. The van der Waals surface area contributed by atoms with Crippen molar-refractivity contribution in [1.82, 2.24) is 0 Å². The lowest BCUT2D eigenvalue weighted by Gasteiger charge is -2.43. The zero-order chi connectivity index (χ0) is 16.1. The van der Waals surface area contributed by atoms with E-state index in [-0.39, 0.29) is 10.5 Å². The third-order valence-electron chi connectivity index (χ3n) is 4.71. The van der Waals surface area contributed by atoms with Crippen molar-refractivity contribution in [2.45, 2.75) is 54.6 Å². The summed E-state index contributed by atoms with van der Waals surface area (Å²) in [6.45, 7) is 2.53. The quantitative estimate of drug-likeness (QED) is 0.631. The molecule has 2 atom stereocenters. The summed E-state index contributed by atoms with van der Waals surface area (Å²) >= 11 is 0. The molecule has 2 rings (SSSR count). The lowest BCUT2D eigenvalue weighted by atomic mass is 9.83. The minimum Gasteiger partial charge on any atom is -0.390 e. The normalized spacial score (nSPS) is 33.7. The lowest BCUT2D eigenvalue weighted by Crippen LogP contribution is -2.52. The molecule has 1 N–H and O–H groups in total. The number of ether oxygens (including phenoxy) is 3. The molecule has 2 aliphatic rings. The summed E-state index contributed by atoms with van der Waals surface area (Å²) in [5.41, 5.74) is -0.891. The van der Waals surface area contributed by atoms with Gasteiger partial charge in [0.1, 0.15) is 0 Å². The van der Waals surface area contributed by atoms with Crippen molar-refractivity contribution in [2.24, 2.45) is 0 Å². The van der Waals surface area contributed by atoms with Crippen LogP contribution in [0.2, 0.25) is 0 Å². The second-order valence-electron chi connectivity index (χ2n) is 6.36. The summed E-state index contributed by atoms with van der Waals surface area (Å²) in [6, 6.07) is 0. The van der Waals surface area contributed by atoms with Gasteiger partial charge in [-0.25, -0.2) is 8.42 Å². The molecule has 130 valence electrons. The van der Waals surface area contributed by atoms with Crippen LogP contribution >= 0.6 is 0 Å². The average Bonchev–Trinajstić information content (AvgIpc) is 2.44. The SMILES string of the molecule is COCCOCCOCCC1(O)CC2CCCC(C1)S2(=O)=O. The van der Waals surface area contributed by atoms with Crippen LogP contribution in [-0.2, 0) is 24.0 Å². The summed E-state index contributed by atoms with van der Waals surface area (Å²) in [5.74, 6) is 0. The number of aliphatic hydroxyl groups is 1. The van der Waals surface area contributed by atoms with Crippen LogP contribution in [0.25, 0.3) is 0 Å². The Kier molecular flexibility index (Phi) is 6.64. The first-order valence-electron chi connectivity index (χ1n) is 8.07. The summed E-state index contributed by atoms with van der Waals surface area (Å²) in [5, 5.41) is 9.97. The number of sulfone groups is 1. The van der Waals surface area contributed by atoms with Crippen LogP contribution in [0.4, 0.5) is 0 Å². The van der Waals surface area contributed by atoms with Crippen molar-refractivity contribution in [2.75, 3.05) is 40.1 Å². The Morgan fingerprint density at radius 2 is 1.55 bits per heavy atom. The summed E-state index contributed by atoms with van der Waals surface area (Å²) < 4.78 is 40.1. The van der Waals surface area contributed by atoms with E-state index in [9.17, 15) is 13.5 Å². The third kappa shape index (κ3) is 4.64. The second kappa shape index (κ2) is 8.06. The molecule has 2 saturated heterocycles. The van der Waals surface area contributed by atoms with Crippen molar-refractivity contribution < 1.29 is 27.7 Å². The number of hydrogen-bond donors (Lipinski definition) is 1. The molecule has 0 aliphatic carbocycles. The van der Waals surface area contributed by atoms with Crippen molar-refractivity contribution in [1.29, 1.82) is 0 Å². The van der Waals surface area contributed by atoms with Crippen LogP contribution in [-0.4, -0.2) is 69.8 Å². The smallest absolute Gasteiger partial charge is 0.156 e. The van der Waals surface area contributed by atoms with Crippen molar-refractivity contribution in [3.8, 4) is 0 Å². The largest absolute Gasteiger partial charge is 0.390 e. The highest BCUT2D eigenvalue weighted by molar-refractivity contribution is 7.92. The maximum atomic E-state index is 12.2. The molecule has 0 aromatic carbocycles. The van der Waals surface area contributed by atoms with E-state index in [1.165, 1.54) is 0 Å². The molecule has 2 heterocycles. The minimum atomic E-state index is -3.02. The third-order valence-corrected chi connectivity index (χ3v) is 7.38. The van der Waals surface area contributed by atoms with Gasteiger partial charge < -0.3 is 19.3 Å². The molecule has 2 unspecified atom stereocenters. The Balaban J connectivity index is 1.68. The van der Waals surface area contributed by atoms with Gasteiger partial charge in [-0.05, 0) is 32.1 Å². The first kappa shape index (κ1) is 18.1. The van der Waals surface area contributed by atoms with Crippen LogP contribution in [0.15, 0.2) is 0 Å². The highest BCUT2D eigenvalue weighted by Crippen LogP contribution is 2.42. The Hall–Kier alpha value is -0.210. The fourth-order valence-electron chi connectivity index (χ4n) is 3.47. The van der Waals surface area contributed by atoms with Gasteiger partial charge in [-0.2, -0.15) is 0 Å². The maximum Gasteiger partial charge on any atom is 0.156 e. The van der Waals surface area contributed by atoms with E-state index < -0.39 is 15.4 Å². The molecule has 2 aliphatic heterocycles. The number of hydrogen-bond acceptors (Lipinski definition) is 6. The van der Waals surface area contributed by atoms with E-state index in [0.29, 0.717) is 65.1 Å². The van der Waals surface area contributed by atoms with Gasteiger partial charge in [-0.1, -0.05) is 6.42 Å². The van der Waals surface area contributed by atoms with Crippen molar-refractivity contribution in [3.05, 3.63) is 0 Å². The molecule has 2 fully saturated rings. The van der Waals surface area contributed by atoms with Crippen LogP contribution in [0, 0.1) is 0 Å². The number of fused-ring (bicyclic) bond motifs is 2. The fraction of sp³-hybridized carbons (Fsp3) is 1.00. The van der Waals surface area contributed by atoms with Gasteiger partial charge in [-0.3, -0.25) is 0 Å². The Morgan fingerprint density at radius 3 is 2.14 bits per heavy atom. The van der Waals surface area contributed by atoms with Gasteiger partial charge in [0.25, 0.3) is 0 Å².